The quantitative estimate of drug-likeness (QED) is 0.740. The van der Waals surface area contributed by atoms with Gasteiger partial charge in [0.2, 0.25) is 10.0 Å². The van der Waals surface area contributed by atoms with Crippen molar-refractivity contribution in [3.63, 3.8) is 0 Å². The number of ether oxygens (including phenoxy) is 1. The number of aromatic nitrogens is 1. The molecule has 2 heterocycles. The molecule has 21 heavy (non-hydrogen) atoms. The average molecular weight is 315 g/mol. The van der Waals surface area contributed by atoms with Gasteiger partial charge in [-0.05, 0) is 25.8 Å². The van der Waals surface area contributed by atoms with Crippen LogP contribution < -0.4 is 10.0 Å². The van der Waals surface area contributed by atoms with E-state index in [1.807, 2.05) is 20.8 Å². The molecule has 0 saturated carbocycles. The first-order valence-corrected chi connectivity index (χ1v) is 8.81. The van der Waals surface area contributed by atoms with E-state index in [1.54, 1.807) is 12.3 Å². The third kappa shape index (κ3) is 4.54. The Morgan fingerprint density at radius 3 is 2.67 bits per heavy atom. The third-order valence-corrected chi connectivity index (χ3v) is 5.32. The van der Waals surface area contributed by atoms with Crippen molar-refractivity contribution >= 4 is 10.0 Å². The summed E-state index contributed by atoms with van der Waals surface area (Å²) in [5.41, 5.74) is 0.436. The lowest BCUT2D eigenvalue weighted by molar-refractivity contribution is 0.0537. The Bertz CT molecular complexity index is 560. The van der Waals surface area contributed by atoms with Gasteiger partial charge in [-0.3, -0.25) is 0 Å². The molecule has 120 valence electrons. The summed E-state index contributed by atoms with van der Waals surface area (Å²) in [7, 11) is -3.50. The van der Waals surface area contributed by atoms with Crippen LogP contribution in [0.15, 0.2) is 17.2 Å². The molecular formula is C14H25N3O3S. The fourth-order valence-electron chi connectivity index (χ4n) is 2.30. The van der Waals surface area contributed by atoms with Gasteiger partial charge in [0.1, 0.15) is 0 Å². The summed E-state index contributed by atoms with van der Waals surface area (Å²) >= 11 is 0. The van der Waals surface area contributed by atoms with Gasteiger partial charge >= 0.3 is 0 Å². The van der Waals surface area contributed by atoms with Crippen molar-refractivity contribution in [3.8, 4) is 0 Å². The average Bonchev–Trinajstić information content (AvgIpc) is 2.85. The molecule has 1 fully saturated rings. The topological polar surface area (TPSA) is 83.2 Å². The lowest BCUT2D eigenvalue weighted by Crippen LogP contribution is -2.49. The molecule has 1 aromatic heterocycles. The van der Waals surface area contributed by atoms with Crippen LogP contribution in [0.4, 0.5) is 0 Å². The van der Waals surface area contributed by atoms with Crippen molar-refractivity contribution in [1.82, 2.24) is 15.0 Å². The highest BCUT2D eigenvalue weighted by molar-refractivity contribution is 7.89. The van der Waals surface area contributed by atoms with E-state index in [1.165, 1.54) is 0 Å². The monoisotopic (exact) mass is 315 g/mol. The molecule has 0 spiro atoms. The minimum atomic E-state index is -3.50. The van der Waals surface area contributed by atoms with E-state index in [0.717, 1.165) is 5.69 Å². The Morgan fingerprint density at radius 2 is 2.05 bits per heavy atom. The molecule has 6 nitrogen and oxygen atoms in total. The summed E-state index contributed by atoms with van der Waals surface area (Å²) in [6.07, 6.45) is 2.93. The number of nitrogens with one attached hydrogen (secondary N) is 3. The second kappa shape index (κ2) is 6.48. The first-order chi connectivity index (χ1) is 9.81. The molecule has 2 rings (SSSR count). The van der Waals surface area contributed by atoms with E-state index in [2.05, 4.69) is 15.0 Å². The molecule has 1 aliphatic heterocycles. The van der Waals surface area contributed by atoms with E-state index in [0.29, 0.717) is 38.6 Å². The summed E-state index contributed by atoms with van der Waals surface area (Å²) in [6.45, 7) is 7.84. The number of aromatic amines is 1. The number of sulfonamides is 1. The van der Waals surface area contributed by atoms with Crippen LogP contribution in [0.1, 0.15) is 39.3 Å². The van der Waals surface area contributed by atoms with Gasteiger partial charge in [-0.15, -0.1) is 0 Å². The maximum absolute atomic E-state index is 12.5. The Balaban J connectivity index is 2.05. The first kappa shape index (κ1) is 16.5. The SMILES string of the molecule is CC(C)NCc1cc(S(=O)(=O)NC2(C)CCOCC2)c[nH]1. The Morgan fingerprint density at radius 1 is 1.38 bits per heavy atom. The van der Waals surface area contributed by atoms with Crippen LogP contribution in [0.5, 0.6) is 0 Å². The Labute approximate surface area is 126 Å². The van der Waals surface area contributed by atoms with Crippen molar-refractivity contribution in [2.45, 2.75) is 56.6 Å². The molecule has 3 N–H and O–H groups in total. The first-order valence-electron chi connectivity index (χ1n) is 7.33. The van der Waals surface area contributed by atoms with Gasteiger partial charge in [-0.1, -0.05) is 13.8 Å². The zero-order valence-corrected chi connectivity index (χ0v) is 13.7. The van der Waals surface area contributed by atoms with Crippen molar-refractivity contribution in [1.29, 1.82) is 0 Å². The second-order valence-corrected chi connectivity index (χ2v) is 7.86. The highest BCUT2D eigenvalue weighted by Gasteiger charge is 2.32. The fourth-order valence-corrected chi connectivity index (χ4v) is 3.78. The Kier molecular flexibility index (Phi) is 5.08. The number of H-pyrrole nitrogens is 1. The molecule has 1 saturated heterocycles. The molecule has 0 bridgehead atoms. The van der Waals surface area contributed by atoms with E-state index in [4.69, 9.17) is 4.74 Å². The molecular weight excluding hydrogens is 290 g/mol. The molecule has 7 heteroatoms. The maximum Gasteiger partial charge on any atom is 0.242 e. The predicted octanol–water partition coefficient (Wildman–Crippen LogP) is 1.36. The van der Waals surface area contributed by atoms with Gasteiger partial charge in [0.25, 0.3) is 0 Å². The van der Waals surface area contributed by atoms with Gasteiger partial charge in [0, 0.05) is 43.2 Å². The van der Waals surface area contributed by atoms with Crippen molar-refractivity contribution < 1.29 is 13.2 Å². The number of hydrogen-bond donors (Lipinski definition) is 3. The fraction of sp³-hybridized carbons (Fsp3) is 0.714. The summed E-state index contributed by atoms with van der Waals surface area (Å²) in [5, 5.41) is 3.25. The van der Waals surface area contributed by atoms with E-state index in [-0.39, 0.29) is 4.90 Å². The summed E-state index contributed by atoms with van der Waals surface area (Å²) in [6, 6.07) is 2.04. The van der Waals surface area contributed by atoms with Crippen molar-refractivity contribution in [2.75, 3.05) is 13.2 Å². The predicted molar refractivity (Wildman–Crippen MR) is 81.5 cm³/mol. The molecule has 1 aromatic rings. The van der Waals surface area contributed by atoms with Gasteiger partial charge in [0.05, 0.1) is 4.90 Å². The normalized spacial score (nSPS) is 19.0. The lowest BCUT2D eigenvalue weighted by atomic mass is 9.94. The summed E-state index contributed by atoms with van der Waals surface area (Å²) < 4.78 is 33.0. The van der Waals surface area contributed by atoms with Crippen LogP contribution >= 0.6 is 0 Å². The van der Waals surface area contributed by atoms with Crippen LogP contribution in [0.25, 0.3) is 0 Å². The van der Waals surface area contributed by atoms with Crippen LogP contribution in [0, 0.1) is 0 Å². The second-order valence-electron chi connectivity index (χ2n) is 6.17. The highest BCUT2D eigenvalue weighted by Crippen LogP contribution is 2.23. The number of rotatable bonds is 6. The van der Waals surface area contributed by atoms with Crippen LogP contribution in [-0.2, 0) is 21.3 Å². The van der Waals surface area contributed by atoms with Crippen LogP contribution in [0.3, 0.4) is 0 Å². The van der Waals surface area contributed by atoms with E-state index < -0.39 is 15.6 Å². The summed E-state index contributed by atoms with van der Waals surface area (Å²) in [5.74, 6) is 0. The van der Waals surface area contributed by atoms with Crippen LogP contribution in [0.2, 0.25) is 0 Å². The minimum absolute atomic E-state index is 0.288. The maximum atomic E-state index is 12.5. The number of hydrogen-bond acceptors (Lipinski definition) is 4. The van der Waals surface area contributed by atoms with Gasteiger partial charge < -0.3 is 15.0 Å². The third-order valence-electron chi connectivity index (χ3n) is 3.70. The summed E-state index contributed by atoms with van der Waals surface area (Å²) in [4.78, 5) is 3.30. The molecule has 0 aliphatic carbocycles. The molecule has 0 radical (unpaired) electrons. The molecule has 0 unspecified atom stereocenters. The van der Waals surface area contributed by atoms with Gasteiger partial charge in [-0.25, -0.2) is 13.1 Å². The van der Waals surface area contributed by atoms with Crippen LogP contribution in [-0.4, -0.2) is 38.2 Å². The van der Waals surface area contributed by atoms with Crippen molar-refractivity contribution in [3.05, 3.63) is 18.0 Å². The molecule has 0 aromatic carbocycles. The van der Waals surface area contributed by atoms with Gasteiger partial charge in [-0.2, -0.15) is 0 Å². The standard InChI is InChI=1S/C14H25N3O3S/c1-11(2)15-9-12-8-13(10-16-12)21(18,19)17-14(3)4-6-20-7-5-14/h8,10-11,15-17H,4-7,9H2,1-3H3. The van der Waals surface area contributed by atoms with Gasteiger partial charge in [0.15, 0.2) is 0 Å². The minimum Gasteiger partial charge on any atom is -0.381 e. The highest BCUT2D eigenvalue weighted by atomic mass is 32.2. The zero-order valence-electron chi connectivity index (χ0n) is 12.9. The molecule has 0 amide bonds. The largest absolute Gasteiger partial charge is 0.381 e. The molecule has 1 aliphatic rings. The van der Waals surface area contributed by atoms with Crippen molar-refractivity contribution in [2.24, 2.45) is 0 Å². The molecule has 0 atom stereocenters. The Hall–Kier alpha value is -0.890. The smallest absolute Gasteiger partial charge is 0.242 e. The zero-order chi connectivity index (χ0) is 15.5. The van der Waals surface area contributed by atoms with E-state index in [9.17, 15) is 8.42 Å². The lowest BCUT2D eigenvalue weighted by Gasteiger charge is -2.33. The van der Waals surface area contributed by atoms with E-state index >= 15 is 0 Å².